The van der Waals surface area contributed by atoms with Crippen molar-refractivity contribution in [1.82, 2.24) is 9.97 Å². The predicted octanol–water partition coefficient (Wildman–Crippen LogP) is 5.48. The molecule has 0 spiro atoms. The fourth-order valence-corrected chi connectivity index (χ4v) is 3.69. The SMILES string of the molecule is O=C(Nc1nc(-c2cc(Cl)cs2)cs1)c1cnc(Cl)c(Cl)c1. The fraction of sp³-hybridized carbons (Fsp3) is 0. The molecule has 0 aliphatic rings. The van der Waals surface area contributed by atoms with Crippen LogP contribution < -0.4 is 5.32 Å². The molecule has 3 heterocycles. The summed E-state index contributed by atoms with van der Waals surface area (Å²) in [6.45, 7) is 0. The molecular formula is C13H6Cl3N3OS2. The maximum Gasteiger partial charge on any atom is 0.259 e. The highest BCUT2D eigenvalue weighted by atomic mass is 35.5. The Balaban J connectivity index is 1.77. The van der Waals surface area contributed by atoms with Gasteiger partial charge in [-0.05, 0) is 12.1 Å². The third-order valence-corrected chi connectivity index (χ3v) is 5.35. The number of nitrogens with zero attached hydrogens (tertiary/aromatic N) is 2. The Kier molecular flexibility index (Phi) is 4.65. The Morgan fingerprint density at radius 3 is 2.64 bits per heavy atom. The van der Waals surface area contributed by atoms with Gasteiger partial charge in [0.1, 0.15) is 5.15 Å². The fourth-order valence-electron chi connectivity index (χ4n) is 1.61. The van der Waals surface area contributed by atoms with Gasteiger partial charge < -0.3 is 0 Å². The van der Waals surface area contributed by atoms with Crippen LogP contribution in [-0.2, 0) is 0 Å². The van der Waals surface area contributed by atoms with Crippen LogP contribution >= 0.6 is 57.5 Å². The summed E-state index contributed by atoms with van der Waals surface area (Å²) >= 11 is 20.3. The van der Waals surface area contributed by atoms with E-state index in [1.165, 1.54) is 34.9 Å². The molecular weight excluding hydrogens is 385 g/mol. The largest absolute Gasteiger partial charge is 0.298 e. The van der Waals surface area contributed by atoms with E-state index in [4.69, 9.17) is 34.8 Å². The standard InChI is InChI=1S/C13H6Cl3N3OS2/c14-7-2-10(21-4-7)9-5-22-13(18-9)19-12(20)6-1-8(15)11(16)17-3-6/h1-5H,(H,18,19,20). The van der Waals surface area contributed by atoms with Crippen molar-refractivity contribution in [1.29, 1.82) is 0 Å². The summed E-state index contributed by atoms with van der Waals surface area (Å²) in [5, 5.41) is 7.91. The molecule has 0 unspecified atom stereocenters. The third kappa shape index (κ3) is 3.42. The van der Waals surface area contributed by atoms with Crippen molar-refractivity contribution in [3.05, 3.63) is 49.9 Å². The zero-order valence-corrected chi connectivity index (χ0v) is 14.5. The van der Waals surface area contributed by atoms with Crippen molar-refractivity contribution in [2.24, 2.45) is 0 Å². The molecule has 9 heteroatoms. The molecule has 3 aromatic heterocycles. The van der Waals surface area contributed by atoms with Crippen LogP contribution in [-0.4, -0.2) is 15.9 Å². The number of hydrogen-bond acceptors (Lipinski definition) is 5. The first kappa shape index (κ1) is 15.7. The molecule has 22 heavy (non-hydrogen) atoms. The van der Waals surface area contributed by atoms with Crippen LogP contribution in [0.15, 0.2) is 29.1 Å². The summed E-state index contributed by atoms with van der Waals surface area (Å²) in [4.78, 5) is 21.3. The predicted molar refractivity (Wildman–Crippen MR) is 92.6 cm³/mol. The van der Waals surface area contributed by atoms with Gasteiger partial charge in [0.25, 0.3) is 5.91 Å². The number of aromatic nitrogens is 2. The lowest BCUT2D eigenvalue weighted by Gasteiger charge is -2.02. The van der Waals surface area contributed by atoms with Gasteiger partial charge in [-0.15, -0.1) is 22.7 Å². The number of thiophene rings is 1. The van der Waals surface area contributed by atoms with Crippen LogP contribution in [0.2, 0.25) is 15.2 Å². The molecule has 0 radical (unpaired) electrons. The molecule has 3 rings (SSSR count). The number of carbonyl (C=O) groups is 1. The van der Waals surface area contributed by atoms with Gasteiger partial charge in [0.05, 0.1) is 26.2 Å². The molecule has 0 aliphatic heterocycles. The van der Waals surface area contributed by atoms with Crippen LogP contribution in [0.25, 0.3) is 10.6 Å². The van der Waals surface area contributed by atoms with Crippen LogP contribution in [0.5, 0.6) is 0 Å². The highest BCUT2D eigenvalue weighted by molar-refractivity contribution is 7.16. The van der Waals surface area contributed by atoms with E-state index in [1.807, 2.05) is 16.8 Å². The molecule has 0 saturated heterocycles. The molecule has 0 atom stereocenters. The van der Waals surface area contributed by atoms with Crippen molar-refractivity contribution < 1.29 is 4.79 Å². The molecule has 3 aromatic rings. The van der Waals surface area contributed by atoms with Crippen molar-refractivity contribution in [2.75, 3.05) is 5.32 Å². The molecule has 0 fully saturated rings. The van der Waals surface area contributed by atoms with Gasteiger partial charge in [0.2, 0.25) is 0 Å². The van der Waals surface area contributed by atoms with Crippen LogP contribution in [0, 0.1) is 0 Å². The smallest absolute Gasteiger partial charge is 0.259 e. The highest BCUT2D eigenvalue weighted by Crippen LogP contribution is 2.32. The first-order valence-corrected chi connectivity index (χ1v) is 8.74. The second-order valence-electron chi connectivity index (χ2n) is 4.12. The van der Waals surface area contributed by atoms with E-state index in [1.54, 1.807) is 0 Å². The van der Waals surface area contributed by atoms with E-state index >= 15 is 0 Å². The average Bonchev–Trinajstić information content (AvgIpc) is 3.10. The van der Waals surface area contributed by atoms with Crippen LogP contribution in [0.4, 0.5) is 5.13 Å². The lowest BCUT2D eigenvalue weighted by Crippen LogP contribution is -2.12. The summed E-state index contributed by atoms with van der Waals surface area (Å²) in [7, 11) is 0. The quantitative estimate of drug-likeness (QED) is 0.602. The Morgan fingerprint density at radius 1 is 1.14 bits per heavy atom. The number of halogens is 3. The summed E-state index contributed by atoms with van der Waals surface area (Å²) in [5.41, 5.74) is 1.08. The van der Waals surface area contributed by atoms with Gasteiger partial charge in [-0.3, -0.25) is 10.1 Å². The highest BCUT2D eigenvalue weighted by Gasteiger charge is 2.13. The molecule has 0 aromatic carbocycles. The number of carbonyl (C=O) groups excluding carboxylic acids is 1. The molecule has 0 saturated carbocycles. The molecule has 112 valence electrons. The van der Waals surface area contributed by atoms with Crippen molar-refractivity contribution in [3.63, 3.8) is 0 Å². The number of pyridine rings is 1. The number of thiazole rings is 1. The Morgan fingerprint density at radius 2 is 1.95 bits per heavy atom. The van der Waals surface area contributed by atoms with Gasteiger partial charge in [0, 0.05) is 17.0 Å². The van der Waals surface area contributed by atoms with Crippen molar-refractivity contribution >= 4 is 68.5 Å². The van der Waals surface area contributed by atoms with Crippen molar-refractivity contribution in [2.45, 2.75) is 0 Å². The van der Waals surface area contributed by atoms with Gasteiger partial charge in [-0.1, -0.05) is 34.8 Å². The second kappa shape index (κ2) is 6.52. The Labute approximate surface area is 148 Å². The maximum absolute atomic E-state index is 12.1. The molecule has 0 bridgehead atoms. The second-order valence-corrected chi connectivity index (χ2v) is 7.09. The number of rotatable bonds is 3. The Bertz CT molecular complexity index is 847. The minimum Gasteiger partial charge on any atom is -0.298 e. The van der Waals surface area contributed by atoms with E-state index in [0.717, 1.165) is 10.6 Å². The zero-order chi connectivity index (χ0) is 15.7. The van der Waals surface area contributed by atoms with E-state index in [-0.39, 0.29) is 16.1 Å². The van der Waals surface area contributed by atoms with Gasteiger partial charge >= 0.3 is 0 Å². The monoisotopic (exact) mass is 389 g/mol. The maximum atomic E-state index is 12.1. The lowest BCUT2D eigenvalue weighted by atomic mass is 10.3. The molecule has 1 N–H and O–H groups in total. The number of anilines is 1. The summed E-state index contributed by atoms with van der Waals surface area (Å²) in [6, 6.07) is 3.29. The van der Waals surface area contributed by atoms with E-state index in [9.17, 15) is 4.79 Å². The Hall–Kier alpha value is -1.18. The minimum absolute atomic E-state index is 0.157. The minimum atomic E-state index is -0.351. The van der Waals surface area contributed by atoms with E-state index < -0.39 is 0 Å². The first-order chi connectivity index (χ1) is 10.5. The molecule has 4 nitrogen and oxygen atoms in total. The first-order valence-electron chi connectivity index (χ1n) is 5.85. The molecule has 1 amide bonds. The third-order valence-electron chi connectivity index (χ3n) is 2.60. The van der Waals surface area contributed by atoms with E-state index in [0.29, 0.717) is 15.7 Å². The van der Waals surface area contributed by atoms with Gasteiger partial charge in [0.15, 0.2) is 5.13 Å². The number of nitrogens with one attached hydrogen (secondary N) is 1. The van der Waals surface area contributed by atoms with Gasteiger partial charge in [-0.2, -0.15) is 0 Å². The normalized spacial score (nSPS) is 10.7. The topological polar surface area (TPSA) is 54.9 Å². The molecule has 0 aliphatic carbocycles. The number of hydrogen-bond donors (Lipinski definition) is 1. The number of amides is 1. The summed E-state index contributed by atoms with van der Waals surface area (Å²) < 4.78 is 0. The van der Waals surface area contributed by atoms with Crippen LogP contribution in [0.3, 0.4) is 0 Å². The summed E-state index contributed by atoms with van der Waals surface area (Å²) in [6.07, 6.45) is 1.36. The average molecular weight is 391 g/mol. The van der Waals surface area contributed by atoms with Crippen molar-refractivity contribution in [3.8, 4) is 10.6 Å². The van der Waals surface area contributed by atoms with E-state index in [2.05, 4.69) is 15.3 Å². The van der Waals surface area contributed by atoms with Crippen LogP contribution in [0.1, 0.15) is 10.4 Å². The lowest BCUT2D eigenvalue weighted by molar-refractivity contribution is 0.102. The van der Waals surface area contributed by atoms with Gasteiger partial charge in [-0.25, -0.2) is 9.97 Å². The zero-order valence-electron chi connectivity index (χ0n) is 10.6. The summed E-state index contributed by atoms with van der Waals surface area (Å²) in [5.74, 6) is -0.351.